The fraction of sp³-hybridized carbons (Fsp3) is 0.174. The lowest BCUT2D eigenvalue weighted by Gasteiger charge is -2.37. The van der Waals surface area contributed by atoms with Crippen LogP contribution in [-0.4, -0.2) is 24.0 Å². The van der Waals surface area contributed by atoms with Gasteiger partial charge in [-0.15, -0.1) is 0 Å². The minimum absolute atomic E-state index is 0.0751. The van der Waals surface area contributed by atoms with Gasteiger partial charge in [0.2, 0.25) is 0 Å². The van der Waals surface area contributed by atoms with Gasteiger partial charge in [-0.3, -0.25) is 19.8 Å². The van der Waals surface area contributed by atoms with E-state index in [4.69, 9.17) is 9.47 Å². The van der Waals surface area contributed by atoms with E-state index in [1.54, 1.807) is 17.0 Å². The van der Waals surface area contributed by atoms with Crippen molar-refractivity contribution in [2.24, 2.45) is 0 Å². The number of anilines is 1. The van der Waals surface area contributed by atoms with Gasteiger partial charge in [0.1, 0.15) is 12.4 Å². The maximum absolute atomic E-state index is 13.3. The summed E-state index contributed by atoms with van der Waals surface area (Å²) in [4.78, 5) is 25.7. The molecule has 0 aromatic heterocycles. The summed E-state index contributed by atoms with van der Waals surface area (Å²) in [5.74, 6) is 0.376. The average Bonchev–Trinajstić information content (AvgIpc) is 2.77. The Bertz CT molecular complexity index is 1080. The summed E-state index contributed by atoms with van der Waals surface area (Å²) in [5.41, 5.74) is 2.21. The third-order valence-corrected chi connectivity index (χ3v) is 4.95. The van der Waals surface area contributed by atoms with E-state index in [-0.39, 0.29) is 30.0 Å². The molecule has 0 saturated heterocycles. The Morgan fingerprint density at radius 3 is 2.63 bits per heavy atom. The molecular formula is C23H20N2O5. The predicted molar refractivity (Wildman–Crippen MR) is 112 cm³/mol. The van der Waals surface area contributed by atoms with Crippen LogP contribution in [0, 0.1) is 17.0 Å². The van der Waals surface area contributed by atoms with Crippen LogP contribution in [-0.2, 0) is 4.79 Å². The lowest BCUT2D eigenvalue weighted by molar-refractivity contribution is -0.385. The van der Waals surface area contributed by atoms with Crippen molar-refractivity contribution in [1.29, 1.82) is 0 Å². The summed E-state index contributed by atoms with van der Waals surface area (Å²) in [7, 11) is 0. The molecule has 0 unspecified atom stereocenters. The number of nitro groups is 1. The van der Waals surface area contributed by atoms with Crippen LogP contribution >= 0.6 is 0 Å². The number of carbonyl (C=O) groups excluding carboxylic acids is 1. The highest BCUT2D eigenvalue weighted by molar-refractivity contribution is 5.97. The molecule has 0 N–H and O–H groups in total. The smallest absolute Gasteiger partial charge is 0.310 e. The standard InChI is InChI=1S/C23H20N2O5/c1-16-11-12-19(25(27)28)22(13-16)30-15-23(26)24-18-9-5-6-10-21(18)29-14-20(24)17-7-3-2-4-8-17/h2-13,20H,14-15H2,1H3/t20-/m0/s1. The average molecular weight is 404 g/mol. The fourth-order valence-corrected chi connectivity index (χ4v) is 3.51. The second-order valence-corrected chi connectivity index (χ2v) is 6.99. The van der Waals surface area contributed by atoms with Crippen LogP contribution in [0.5, 0.6) is 11.5 Å². The maximum atomic E-state index is 13.3. The van der Waals surface area contributed by atoms with Crippen molar-refractivity contribution in [3.63, 3.8) is 0 Å². The number of aryl methyl sites for hydroxylation is 1. The molecule has 0 saturated carbocycles. The molecule has 152 valence electrons. The Balaban J connectivity index is 1.64. The van der Waals surface area contributed by atoms with Crippen molar-refractivity contribution < 1.29 is 19.2 Å². The van der Waals surface area contributed by atoms with Crippen molar-refractivity contribution >= 4 is 17.3 Å². The SMILES string of the molecule is Cc1ccc([N+](=O)[O-])c(OCC(=O)N2c3ccccc3OC[C@H]2c2ccccc2)c1. The number of ether oxygens (including phenoxy) is 2. The summed E-state index contributed by atoms with van der Waals surface area (Å²) in [6, 6.07) is 21.2. The molecule has 0 aliphatic carbocycles. The van der Waals surface area contributed by atoms with E-state index >= 15 is 0 Å². The molecule has 3 aromatic carbocycles. The van der Waals surface area contributed by atoms with Crippen LogP contribution in [0.3, 0.4) is 0 Å². The third-order valence-electron chi connectivity index (χ3n) is 4.95. The highest BCUT2D eigenvalue weighted by Gasteiger charge is 2.33. The molecule has 0 fully saturated rings. The number of carbonyl (C=O) groups is 1. The molecule has 0 radical (unpaired) electrons. The number of para-hydroxylation sites is 2. The number of amides is 1. The van der Waals surface area contributed by atoms with Gasteiger partial charge in [0.15, 0.2) is 12.4 Å². The van der Waals surface area contributed by atoms with Gasteiger partial charge in [0.25, 0.3) is 5.91 Å². The zero-order valence-electron chi connectivity index (χ0n) is 16.4. The van der Waals surface area contributed by atoms with Crippen LogP contribution in [0.15, 0.2) is 72.8 Å². The Hall–Kier alpha value is -3.87. The van der Waals surface area contributed by atoms with Gasteiger partial charge in [0.05, 0.1) is 16.7 Å². The van der Waals surface area contributed by atoms with Crippen molar-refractivity contribution in [2.45, 2.75) is 13.0 Å². The molecule has 4 rings (SSSR count). The van der Waals surface area contributed by atoms with Gasteiger partial charge >= 0.3 is 5.69 Å². The molecule has 30 heavy (non-hydrogen) atoms. The zero-order chi connectivity index (χ0) is 21.1. The molecule has 1 aliphatic heterocycles. The van der Waals surface area contributed by atoms with Crippen molar-refractivity contribution in [2.75, 3.05) is 18.1 Å². The lowest BCUT2D eigenvalue weighted by atomic mass is 10.0. The zero-order valence-corrected chi connectivity index (χ0v) is 16.4. The number of benzene rings is 3. The van der Waals surface area contributed by atoms with Crippen LogP contribution in [0.4, 0.5) is 11.4 Å². The van der Waals surface area contributed by atoms with E-state index in [2.05, 4.69) is 0 Å². The molecule has 7 heteroatoms. The summed E-state index contributed by atoms with van der Waals surface area (Å²) < 4.78 is 11.5. The topological polar surface area (TPSA) is 81.9 Å². The Labute approximate surface area is 173 Å². The van der Waals surface area contributed by atoms with E-state index in [0.717, 1.165) is 11.1 Å². The highest BCUT2D eigenvalue weighted by Crippen LogP contribution is 2.39. The summed E-state index contributed by atoms with van der Waals surface area (Å²) in [6.07, 6.45) is 0. The van der Waals surface area contributed by atoms with Gasteiger partial charge in [-0.25, -0.2) is 0 Å². The molecule has 1 amide bonds. The van der Waals surface area contributed by atoms with Gasteiger partial charge < -0.3 is 9.47 Å². The van der Waals surface area contributed by atoms with E-state index < -0.39 is 4.92 Å². The number of hydrogen-bond donors (Lipinski definition) is 0. The van der Waals surface area contributed by atoms with Crippen LogP contribution < -0.4 is 14.4 Å². The minimum atomic E-state index is -0.518. The third kappa shape index (κ3) is 3.82. The summed E-state index contributed by atoms with van der Waals surface area (Å²) in [6.45, 7) is 1.78. The van der Waals surface area contributed by atoms with Crippen molar-refractivity contribution in [1.82, 2.24) is 0 Å². The molecule has 7 nitrogen and oxygen atoms in total. The molecular weight excluding hydrogens is 384 g/mol. The monoisotopic (exact) mass is 404 g/mol. The highest BCUT2D eigenvalue weighted by atomic mass is 16.6. The Morgan fingerprint density at radius 1 is 1.13 bits per heavy atom. The Morgan fingerprint density at radius 2 is 1.87 bits per heavy atom. The van der Waals surface area contributed by atoms with E-state index in [1.165, 1.54) is 6.07 Å². The lowest BCUT2D eigenvalue weighted by Crippen LogP contribution is -2.43. The minimum Gasteiger partial charge on any atom is -0.489 e. The molecule has 3 aromatic rings. The van der Waals surface area contributed by atoms with Gasteiger partial charge in [0, 0.05) is 6.07 Å². The maximum Gasteiger partial charge on any atom is 0.310 e. The number of nitro benzene ring substituents is 1. The first kappa shape index (κ1) is 19.4. The first-order valence-electron chi connectivity index (χ1n) is 9.51. The first-order valence-corrected chi connectivity index (χ1v) is 9.51. The van der Waals surface area contributed by atoms with Crippen molar-refractivity contribution in [3.05, 3.63) is 94.0 Å². The second kappa shape index (κ2) is 8.24. The number of hydrogen-bond acceptors (Lipinski definition) is 5. The van der Waals surface area contributed by atoms with Crippen molar-refractivity contribution in [3.8, 4) is 11.5 Å². The van der Waals surface area contributed by atoms with Gasteiger partial charge in [-0.2, -0.15) is 0 Å². The molecule has 0 spiro atoms. The quantitative estimate of drug-likeness (QED) is 0.464. The molecule has 1 heterocycles. The second-order valence-electron chi connectivity index (χ2n) is 6.99. The van der Waals surface area contributed by atoms with Crippen LogP contribution in [0.25, 0.3) is 0 Å². The van der Waals surface area contributed by atoms with E-state index in [1.807, 2.05) is 61.5 Å². The van der Waals surface area contributed by atoms with Gasteiger partial charge in [-0.05, 0) is 36.2 Å². The van der Waals surface area contributed by atoms with Crippen LogP contribution in [0.1, 0.15) is 17.2 Å². The molecule has 1 aliphatic rings. The first-order chi connectivity index (χ1) is 14.5. The molecule has 1 atom stereocenters. The van der Waals surface area contributed by atoms with E-state index in [0.29, 0.717) is 18.0 Å². The fourth-order valence-electron chi connectivity index (χ4n) is 3.51. The number of rotatable bonds is 5. The Kier molecular flexibility index (Phi) is 5.34. The van der Waals surface area contributed by atoms with Gasteiger partial charge in [-0.1, -0.05) is 48.5 Å². The normalized spacial score (nSPS) is 15.1. The number of fused-ring (bicyclic) bond motifs is 1. The number of nitrogens with zero attached hydrogens (tertiary/aromatic N) is 2. The summed E-state index contributed by atoms with van der Waals surface area (Å²) in [5, 5.41) is 11.3. The summed E-state index contributed by atoms with van der Waals surface area (Å²) >= 11 is 0. The van der Waals surface area contributed by atoms with Crippen LogP contribution in [0.2, 0.25) is 0 Å². The predicted octanol–water partition coefficient (Wildman–Crippen LogP) is 4.45. The molecule has 0 bridgehead atoms. The van der Waals surface area contributed by atoms with E-state index in [9.17, 15) is 14.9 Å². The largest absolute Gasteiger partial charge is 0.489 e.